The smallest absolute Gasteiger partial charge is 0.0705 e. The molecule has 0 aliphatic rings. The average Bonchev–Trinajstić information content (AvgIpc) is 2.26. The molecule has 3 heteroatoms. The molecule has 0 bridgehead atoms. The van der Waals surface area contributed by atoms with Crippen LogP contribution < -0.4 is 5.73 Å². The molecular formula is C13H15BrN2. The number of halogens is 1. The highest BCUT2D eigenvalue weighted by Gasteiger charge is 2.11. The van der Waals surface area contributed by atoms with E-state index in [1.54, 1.807) is 0 Å². The molecule has 0 aliphatic carbocycles. The van der Waals surface area contributed by atoms with Gasteiger partial charge in [0, 0.05) is 22.6 Å². The van der Waals surface area contributed by atoms with Crippen molar-refractivity contribution < 1.29 is 0 Å². The van der Waals surface area contributed by atoms with E-state index < -0.39 is 0 Å². The SMILES string of the molecule is CC(C)c1c(CN)cnc2ccc(Br)cc12. The van der Waals surface area contributed by atoms with Crippen LogP contribution in [0.15, 0.2) is 28.9 Å². The standard InChI is InChI=1S/C13H15BrN2/c1-8(2)13-9(6-15)7-16-12-4-3-10(14)5-11(12)13/h3-5,7-8H,6,15H2,1-2H3. The van der Waals surface area contributed by atoms with Crippen molar-refractivity contribution in [3.8, 4) is 0 Å². The fourth-order valence-electron chi connectivity index (χ4n) is 2.07. The van der Waals surface area contributed by atoms with Gasteiger partial charge in [0.1, 0.15) is 0 Å². The van der Waals surface area contributed by atoms with Gasteiger partial charge in [0.15, 0.2) is 0 Å². The Bertz CT molecular complexity index is 521. The van der Waals surface area contributed by atoms with Crippen molar-refractivity contribution in [3.63, 3.8) is 0 Å². The van der Waals surface area contributed by atoms with Crippen LogP contribution in [0.5, 0.6) is 0 Å². The Morgan fingerprint density at radius 3 is 2.75 bits per heavy atom. The maximum atomic E-state index is 5.77. The summed E-state index contributed by atoms with van der Waals surface area (Å²) in [5, 5.41) is 1.20. The molecule has 0 aliphatic heterocycles. The number of pyridine rings is 1. The number of benzene rings is 1. The van der Waals surface area contributed by atoms with E-state index in [2.05, 4.69) is 40.8 Å². The Morgan fingerprint density at radius 2 is 2.12 bits per heavy atom. The summed E-state index contributed by atoms with van der Waals surface area (Å²) in [6, 6.07) is 6.17. The molecule has 2 aromatic rings. The summed E-state index contributed by atoms with van der Waals surface area (Å²) < 4.78 is 1.08. The predicted molar refractivity (Wildman–Crippen MR) is 71.4 cm³/mol. The first-order valence-corrected chi connectivity index (χ1v) is 6.20. The zero-order valence-corrected chi connectivity index (χ0v) is 11.1. The highest BCUT2D eigenvalue weighted by Crippen LogP contribution is 2.29. The normalized spacial score (nSPS) is 11.3. The lowest BCUT2D eigenvalue weighted by atomic mass is 9.94. The molecule has 0 fully saturated rings. The lowest BCUT2D eigenvalue weighted by molar-refractivity contribution is 0.845. The molecule has 0 unspecified atom stereocenters. The Morgan fingerprint density at radius 1 is 1.38 bits per heavy atom. The van der Waals surface area contributed by atoms with Crippen LogP contribution in [0.1, 0.15) is 30.9 Å². The Balaban J connectivity index is 2.81. The monoisotopic (exact) mass is 278 g/mol. The van der Waals surface area contributed by atoms with Crippen molar-refractivity contribution in [3.05, 3.63) is 40.0 Å². The number of nitrogens with two attached hydrogens (primary N) is 1. The van der Waals surface area contributed by atoms with Crippen LogP contribution in [0.2, 0.25) is 0 Å². The number of hydrogen-bond acceptors (Lipinski definition) is 2. The fourth-order valence-corrected chi connectivity index (χ4v) is 2.43. The van der Waals surface area contributed by atoms with Crippen LogP contribution in [0.3, 0.4) is 0 Å². The molecule has 0 amide bonds. The largest absolute Gasteiger partial charge is 0.326 e. The lowest BCUT2D eigenvalue weighted by Gasteiger charge is -2.14. The van der Waals surface area contributed by atoms with Crippen molar-refractivity contribution in [1.82, 2.24) is 4.98 Å². The van der Waals surface area contributed by atoms with E-state index >= 15 is 0 Å². The molecule has 84 valence electrons. The third kappa shape index (κ3) is 1.97. The van der Waals surface area contributed by atoms with Crippen LogP contribution in [0.4, 0.5) is 0 Å². The van der Waals surface area contributed by atoms with E-state index in [-0.39, 0.29) is 0 Å². The number of nitrogens with zero attached hydrogens (tertiary/aromatic N) is 1. The second-order valence-corrected chi connectivity index (χ2v) is 5.13. The first-order valence-electron chi connectivity index (χ1n) is 5.40. The van der Waals surface area contributed by atoms with Gasteiger partial charge in [-0.05, 0) is 35.2 Å². The van der Waals surface area contributed by atoms with Gasteiger partial charge >= 0.3 is 0 Å². The Kier molecular flexibility index (Phi) is 3.26. The Labute approximate surface area is 104 Å². The summed E-state index contributed by atoms with van der Waals surface area (Å²) in [5.41, 5.74) is 9.25. The van der Waals surface area contributed by atoms with Crippen molar-refractivity contribution in [2.75, 3.05) is 0 Å². The zero-order valence-electron chi connectivity index (χ0n) is 9.50. The minimum atomic E-state index is 0.457. The van der Waals surface area contributed by atoms with Crippen molar-refractivity contribution in [1.29, 1.82) is 0 Å². The van der Waals surface area contributed by atoms with Gasteiger partial charge in [-0.1, -0.05) is 29.8 Å². The number of rotatable bonds is 2. The molecule has 2 nitrogen and oxygen atoms in total. The number of hydrogen-bond donors (Lipinski definition) is 1. The molecule has 0 radical (unpaired) electrons. The highest BCUT2D eigenvalue weighted by atomic mass is 79.9. The fraction of sp³-hybridized carbons (Fsp3) is 0.308. The van der Waals surface area contributed by atoms with Crippen LogP contribution in [-0.4, -0.2) is 4.98 Å². The molecule has 1 heterocycles. The van der Waals surface area contributed by atoms with E-state index in [0.29, 0.717) is 12.5 Å². The summed E-state index contributed by atoms with van der Waals surface area (Å²) in [6.07, 6.45) is 1.89. The summed E-state index contributed by atoms with van der Waals surface area (Å²) >= 11 is 3.50. The molecule has 0 atom stereocenters. The van der Waals surface area contributed by atoms with Gasteiger partial charge in [0.25, 0.3) is 0 Å². The molecule has 1 aromatic heterocycles. The summed E-state index contributed by atoms with van der Waals surface area (Å²) in [7, 11) is 0. The molecule has 2 rings (SSSR count). The molecule has 0 saturated carbocycles. The van der Waals surface area contributed by atoms with Gasteiger partial charge in [-0.3, -0.25) is 4.98 Å². The summed E-state index contributed by atoms with van der Waals surface area (Å²) in [5.74, 6) is 0.457. The van der Waals surface area contributed by atoms with Gasteiger partial charge < -0.3 is 5.73 Å². The van der Waals surface area contributed by atoms with E-state index in [1.165, 1.54) is 10.9 Å². The predicted octanol–water partition coefficient (Wildman–Crippen LogP) is 3.58. The average molecular weight is 279 g/mol. The van der Waals surface area contributed by atoms with Crippen molar-refractivity contribution >= 4 is 26.8 Å². The van der Waals surface area contributed by atoms with Crippen LogP contribution in [-0.2, 0) is 6.54 Å². The maximum absolute atomic E-state index is 5.77. The third-order valence-electron chi connectivity index (χ3n) is 2.75. The molecular weight excluding hydrogens is 264 g/mol. The minimum Gasteiger partial charge on any atom is -0.326 e. The van der Waals surface area contributed by atoms with E-state index in [0.717, 1.165) is 15.6 Å². The Hall–Kier alpha value is -0.930. The van der Waals surface area contributed by atoms with Gasteiger partial charge in [-0.25, -0.2) is 0 Å². The summed E-state index contributed by atoms with van der Waals surface area (Å²) in [6.45, 7) is 4.92. The molecule has 0 spiro atoms. The number of aromatic nitrogens is 1. The highest BCUT2D eigenvalue weighted by molar-refractivity contribution is 9.10. The zero-order chi connectivity index (χ0) is 11.7. The second-order valence-electron chi connectivity index (χ2n) is 4.22. The molecule has 1 aromatic carbocycles. The molecule has 2 N–H and O–H groups in total. The van der Waals surface area contributed by atoms with E-state index in [4.69, 9.17) is 5.73 Å². The molecule has 0 saturated heterocycles. The van der Waals surface area contributed by atoms with Gasteiger partial charge in [0.05, 0.1) is 5.52 Å². The van der Waals surface area contributed by atoms with Gasteiger partial charge in [0.2, 0.25) is 0 Å². The van der Waals surface area contributed by atoms with Crippen molar-refractivity contribution in [2.45, 2.75) is 26.3 Å². The van der Waals surface area contributed by atoms with Crippen LogP contribution in [0, 0.1) is 0 Å². The lowest BCUT2D eigenvalue weighted by Crippen LogP contribution is -2.04. The second kappa shape index (κ2) is 4.52. The number of fused-ring (bicyclic) bond motifs is 1. The quantitative estimate of drug-likeness (QED) is 0.912. The van der Waals surface area contributed by atoms with E-state index in [9.17, 15) is 0 Å². The third-order valence-corrected chi connectivity index (χ3v) is 3.24. The molecule has 16 heavy (non-hydrogen) atoms. The first-order chi connectivity index (χ1) is 7.63. The van der Waals surface area contributed by atoms with Gasteiger partial charge in [-0.15, -0.1) is 0 Å². The van der Waals surface area contributed by atoms with Gasteiger partial charge in [-0.2, -0.15) is 0 Å². The topological polar surface area (TPSA) is 38.9 Å². The van der Waals surface area contributed by atoms with E-state index in [1.807, 2.05) is 18.3 Å². The first kappa shape index (κ1) is 11.6. The van der Waals surface area contributed by atoms with Crippen LogP contribution in [0.25, 0.3) is 10.9 Å². The maximum Gasteiger partial charge on any atom is 0.0705 e. The summed E-state index contributed by atoms with van der Waals surface area (Å²) in [4.78, 5) is 4.44. The van der Waals surface area contributed by atoms with Crippen molar-refractivity contribution in [2.24, 2.45) is 5.73 Å². The van der Waals surface area contributed by atoms with Crippen LogP contribution >= 0.6 is 15.9 Å². The minimum absolute atomic E-state index is 0.457.